The first-order chi connectivity index (χ1) is 8.09. The molecule has 2 aliphatic rings. The maximum atomic E-state index is 11.3. The molecule has 0 aromatic carbocycles. The van der Waals surface area contributed by atoms with Crippen molar-refractivity contribution in [2.75, 3.05) is 37.7 Å². The smallest absolute Gasteiger partial charge is 0.152 e. The van der Waals surface area contributed by atoms with Crippen LogP contribution in [0.5, 0.6) is 0 Å². The van der Waals surface area contributed by atoms with Crippen LogP contribution in [0.4, 0.5) is 0 Å². The van der Waals surface area contributed by atoms with E-state index in [-0.39, 0.29) is 24.2 Å². The molecule has 1 aliphatic carbocycles. The number of aliphatic hydroxyl groups is 1. The van der Waals surface area contributed by atoms with Crippen LogP contribution in [-0.2, 0) is 9.84 Å². The van der Waals surface area contributed by atoms with Gasteiger partial charge >= 0.3 is 0 Å². The van der Waals surface area contributed by atoms with Crippen molar-refractivity contribution in [1.82, 2.24) is 10.2 Å². The topological polar surface area (TPSA) is 69.6 Å². The van der Waals surface area contributed by atoms with E-state index in [1.165, 1.54) is 12.8 Å². The molecule has 1 atom stereocenters. The van der Waals surface area contributed by atoms with Gasteiger partial charge in [-0.05, 0) is 25.8 Å². The molecule has 100 valence electrons. The third kappa shape index (κ3) is 4.54. The molecular weight excluding hydrogens is 240 g/mol. The Morgan fingerprint density at radius 3 is 2.47 bits per heavy atom. The summed E-state index contributed by atoms with van der Waals surface area (Å²) < 4.78 is 22.5. The molecule has 1 heterocycles. The zero-order valence-corrected chi connectivity index (χ0v) is 11.0. The van der Waals surface area contributed by atoms with Crippen molar-refractivity contribution >= 4 is 9.84 Å². The van der Waals surface area contributed by atoms with Crippen LogP contribution in [0.15, 0.2) is 0 Å². The van der Waals surface area contributed by atoms with Crippen LogP contribution >= 0.6 is 0 Å². The predicted molar refractivity (Wildman–Crippen MR) is 66.7 cm³/mol. The molecule has 0 aromatic rings. The van der Waals surface area contributed by atoms with Crippen molar-refractivity contribution in [1.29, 1.82) is 0 Å². The molecule has 0 amide bonds. The van der Waals surface area contributed by atoms with E-state index in [2.05, 4.69) is 10.2 Å². The van der Waals surface area contributed by atoms with Gasteiger partial charge in [-0.3, -0.25) is 0 Å². The summed E-state index contributed by atoms with van der Waals surface area (Å²) in [7, 11) is -2.78. The van der Waals surface area contributed by atoms with Crippen molar-refractivity contribution in [2.45, 2.75) is 31.3 Å². The fourth-order valence-corrected chi connectivity index (χ4v) is 3.40. The number of nitrogens with one attached hydrogen (secondary N) is 1. The number of hydrogen-bond donors (Lipinski definition) is 2. The Hall–Kier alpha value is -0.170. The SMILES string of the molecule is O=S1(=O)CCN(CCC(CO)NC2CC2)CC1. The summed E-state index contributed by atoms with van der Waals surface area (Å²) in [4.78, 5) is 2.18. The molecule has 17 heavy (non-hydrogen) atoms. The van der Waals surface area contributed by atoms with Crippen LogP contribution < -0.4 is 5.32 Å². The van der Waals surface area contributed by atoms with Crippen LogP contribution in [0, 0.1) is 0 Å². The number of aliphatic hydroxyl groups excluding tert-OH is 1. The molecular formula is C11H22N2O3S. The van der Waals surface area contributed by atoms with Crippen molar-refractivity contribution < 1.29 is 13.5 Å². The van der Waals surface area contributed by atoms with Crippen LogP contribution in [-0.4, -0.2) is 68.3 Å². The largest absolute Gasteiger partial charge is 0.395 e. The van der Waals surface area contributed by atoms with Crippen molar-refractivity contribution in [3.8, 4) is 0 Å². The third-order valence-electron chi connectivity index (χ3n) is 3.50. The van der Waals surface area contributed by atoms with E-state index in [4.69, 9.17) is 0 Å². The molecule has 0 radical (unpaired) electrons. The molecule has 0 aromatic heterocycles. The molecule has 2 rings (SSSR count). The zero-order valence-electron chi connectivity index (χ0n) is 10.1. The summed E-state index contributed by atoms with van der Waals surface area (Å²) in [5.74, 6) is 0.569. The van der Waals surface area contributed by atoms with Crippen molar-refractivity contribution in [2.24, 2.45) is 0 Å². The molecule has 1 aliphatic heterocycles. The lowest BCUT2D eigenvalue weighted by Crippen LogP contribution is -2.43. The second-order valence-electron chi connectivity index (χ2n) is 5.10. The quantitative estimate of drug-likeness (QED) is 0.657. The second-order valence-corrected chi connectivity index (χ2v) is 7.41. The molecule has 2 fully saturated rings. The molecule has 2 N–H and O–H groups in total. The lowest BCUT2D eigenvalue weighted by atomic mass is 10.2. The van der Waals surface area contributed by atoms with Crippen LogP contribution in [0.1, 0.15) is 19.3 Å². The summed E-state index contributed by atoms with van der Waals surface area (Å²) in [6.45, 7) is 2.33. The highest BCUT2D eigenvalue weighted by Gasteiger charge is 2.25. The normalized spacial score (nSPS) is 26.9. The first kappa shape index (κ1) is 13.3. The summed E-state index contributed by atoms with van der Waals surface area (Å²) in [6, 6.07) is 0.773. The van der Waals surface area contributed by atoms with Gasteiger partial charge in [-0.2, -0.15) is 0 Å². The van der Waals surface area contributed by atoms with Gasteiger partial charge in [0.2, 0.25) is 0 Å². The highest BCUT2D eigenvalue weighted by Crippen LogP contribution is 2.20. The van der Waals surface area contributed by atoms with Gasteiger partial charge in [0.25, 0.3) is 0 Å². The van der Waals surface area contributed by atoms with E-state index in [1.54, 1.807) is 0 Å². The van der Waals surface area contributed by atoms with Gasteiger partial charge in [-0.25, -0.2) is 8.42 Å². The van der Waals surface area contributed by atoms with Gasteiger partial charge in [0, 0.05) is 25.2 Å². The number of hydrogen-bond acceptors (Lipinski definition) is 5. The Balaban J connectivity index is 1.66. The Labute approximate surface area is 103 Å². The lowest BCUT2D eigenvalue weighted by molar-refractivity contribution is 0.209. The molecule has 1 saturated heterocycles. The summed E-state index contributed by atoms with van der Waals surface area (Å²) in [6.07, 6.45) is 3.34. The average Bonchev–Trinajstić information content (AvgIpc) is 3.09. The van der Waals surface area contributed by atoms with Crippen LogP contribution in [0.25, 0.3) is 0 Å². The summed E-state index contributed by atoms with van der Waals surface area (Å²) in [5, 5.41) is 12.6. The summed E-state index contributed by atoms with van der Waals surface area (Å²) in [5.41, 5.74) is 0. The molecule has 1 saturated carbocycles. The fourth-order valence-electron chi connectivity index (χ4n) is 2.12. The van der Waals surface area contributed by atoms with E-state index in [0.29, 0.717) is 19.1 Å². The lowest BCUT2D eigenvalue weighted by Gasteiger charge is -2.28. The first-order valence-corrected chi connectivity index (χ1v) is 8.21. The van der Waals surface area contributed by atoms with Gasteiger partial charge in [-0.15, -0.1) is 0 Å². The molecule has 1 unspecified atom stereocenters. The fraction of sp³-hybridized carbons (Fsp3) is 1.00. The highest BCUT2D eigenvalue weighted by atomic mass is 32.2. The van der Waals surface area contributed by atoms with Gasteiger partial charge in [0.05, 0.1) is 18.1 Å². The standard InChI is InChI=1S/C11H22N2O3S/c14-9-11(12-10-1-2-10)3-4-13-5-7-17(15,16)8-6-13/h10-12,14H,1-9H2. The maximum Gasteiger partial charge on any atom is 0.152 e. The molecule has 0 spiro atoms. The summed E-state index contributed by atoms with van der Waals surface area (Å²) >= 11 is 0. The number of nitrogens with zero attached hydrogens (tertiary/aromatic N) is 1. The van der Waals surface area contributed by atoms with E-state index in [1.807, 2.05) is 0 Å². The Bertz CT molecular complexity index is 327. The molecule has 5 nitrogen and oxygen atoms in total. The minimum Gasteiger partial charge on any atom is -0.395 e. The van der Waals surface area contributed by atoms with E-state index in [0.717, 1.165) is 13.0 Å². The Morgan fingerprint density at radius 1 is 1.29 bits per heavy atom. The van der Waals surface area contributed by atoms with Crippen molar-refractivity contribution in [3.63, 3.8) is 0 Å². The third-order valence-corrected chi connectivity index (χ3v) is 5.11. The zero-order chi connectivity index (χ0) is 12.3. The molecule has 0 bridgehead atoms. The van der Waals surface area contributed by atoms with E-state index >= 15 is 0 Å². The second kappa shape index (κ2) is 5.65. The monoisotopic (exact) mass is 262 g/mol. The number of rotatable bonds is 6. The maximum absolute atomic E-state index is 11.3. The van der Waals surface area contributed by atoms with Crippen molar-refractivity contribution in [3.05, 3.63) is 0 Å². The van der Waals surface area contributed by atoms with Gasteiger partial charge in [0.1, 0.15) is 0 Å². The van der Waals surface area contributed by atoms with Gasteiger partial charge < -0.3 is 15.3 Å². The first-order valence-electron chi connectivity index (χ1n) is 6.39. The number of sulfone groups is 1. The van der Waals surface area contributed by atoms with Gasteiger partial charge in [0.15, 0.2) is 9.84 Å². The predicted octanol–water partition coefficient (Wildman–Crippen LogP) is -0.780. The van der Waals surface area contributed by atoms with Gasteiger partial charge in [-0.1, -0.05) is 0 Å². The van der Waals surface area contributed by atoms with Crippen LogP contribution in [0.3, 0.4) is 0 Å². The minimum atomic E-state index is -2.78. The highest BCUT2D eigenvalue weighted by molar-refractivity contribution is 7.91. The average molecular weight is 262 g/mol. The Kier molecular flexibility index (Phi) is 4.41. The van der Waals surface area contributed by atoms with E-state index in [9.17, 15) is 13.5 Å². The minimum absolute atomic E-state index is 0.168. The van der Waals surface area contributed by atoms with Crippen LogP contribution in [0.2, 0.25) is 0 Å². The Morgan fingerprint density at radius 2 is 1.94 bits per heavy atom. The van der Waals surface area contributed by atoms with E-state index < -0.39 is 9.84 Å². The molecule has 6 heteroatoms.